The fourth-order valence-electron chi connectivity index (χ4n) is 2.47. The predicted molar refractivity (Wildman–Crippen MR) is 67.6 cm³/mol. The molecule has 16 heavy (non-hydrogen) atoms. The van der Waals surface area contributed by atoms with E-state index in [4.69, 9.17) is 4.74 Å². The van der Waals surface area contributed by atoms with Crippen molar-refractivity contribution in [1.82, 2.24) is 0 Å². The second-order valence-corrected chi connectivity index (χ2v) is 5.05. The Hall–Kier alpha value is -0.0800. The molecule has 0 spiro atoms. The number of ether oxygens (including phenoxy) is 1. The lowest BCUT2D eigenvalue weighted by molar-refractivity contribution is -0.0915. The van der Waals surface area contributed by atoms with Gasteiger partial charge in [-0.05, 0) is 25.7 Å². The summed E-state index contributed by atoms with van der Waals surface area (Å²) >= 11 is 0. The molecule has 0 aromatic rings. The van der Waals surface area contributed by atoms with E-state index in [-0.39, 0.29) is 12.2 Å². The zero-order valence-corrected chi connectivity index (χ0v) is 11.0. The van der Waals surface area contributed by atoms with Crippen LogP contribution >= 0.6 is 0 Å². The molecular weight excluding hydrogens is 200 g/mol. The van der Waals surface area contributed by atoms with Gasteiger partial charge in [-0.25, -0.2) is 0 Å². The summed E-state index contributed by atoms with van der Waals surface area (Å²) in [5.74, 6) is 0. The topological polar surface area (TPSA) is 29.5 Å². The first-order chi connectivity index (χ1) is 7.77. The van der Waals surface area contributed by atoms with E-state index in [9.17, 15) is 5.11 Å². The Morgan fingerprint density at radius 1 is 1.19 bits per heavy atom. The lowest BCUT2D eigenvalue weighted by Gasteiger charge is -2.30. The van der Waals surface area contributed by atoms with Crippen LogP contribution in [0.1, 0.15) is 71.6 Å². The smallest absolute Gasteiger partial charge is 0.0837 e. The summed E-state index contributed by atoms with van der Waals surface area (Å²) in [6, 6.07) is 0. The summed E-state index contributed by atoms with van der Waals surface area (Å²) in [5, 5.41) is 9.95. The van der Waals surface area contributed by atoms with Crippen molar-refractivity contribution in [3.05, 3.63) is 0 Å². The first-order valence-electron chi connectivity index (χ1n) is 7.11. The van der Waals surface area contributed by atoms with E-state index in [0.29, 0.717) is 6.10 Å². The van der Waals surface area contributed by atoms with E-state index in [1.807, 2.05) is 6.92 Å². The zero-order chi connectivity index (χ0) is 11.8. The molecule has 0 aromatic heterocycles. The van der Waals surface area contributed by atoms with Crippen molar-refractivity contribution in [2.45, 2.75) is 89.9 Å². The van der Waals surface area contributed by atoms with Gasteiger partial charge in [0.25, 0.3) is 0 Å². The molecule has 2 atom stereocenters. The van der Waals surface area contributed by atoms with Crippen molar-refractivity contribution >= 4 is 0 Å². The molecule has 2 heteroatoms. The van der Waals surface area contributed by atoms with Crippen LogP contribution in [0.4, 0.5) is 0 Å². The highest BCUT2D eigenvalue weighted by molar-refractivity contribution is 4.73. The van der Waals surface area contributed by atoms with Crippen molar-refractivity contribution in [3.63, 3.8) is 0 Å². The molecule has 1 rings (SSSR count). The van der Waals surface area contributed by atoms with E-state index in [1.54, 1.807) is 0 Å². The monoisotopic (exact) mass is 228 g/mol. The summed E-state index contributed by atoms with van der Waals surface area (Å²) in [6.45, 7) is 4.23. The van der Waals surface area contributed by atoms with Crippen LogP contribution in [0.3, 0.4) is 0 Å². The minimum absolute atomic E-state index is 0.0769. The molecule has 1 N–H and O–H groups in total. The van der Waals surface area contributed by atoms with Crippen LogP contribution in [0.25, 0.3) is 0 Å². The highest BCUT2D eigenvalue weighted by atomic mass is 16.5. The Balaban J connectivity index is 2.34. The highest BCUT2D eigenvalue weighted by Crippen LogP contribution is 2.24. The average Bonchev–Trinajstić information content (AvgIpc) is 2.34. The Morgan fingerprint density at radius 3 is 2.44 bits per heavy atom. The summed E-state index contributed by atoms with van der Waals surface area (Å²) in [7, 11) is 0. The van der Waals surface area contributed by atoms with Gasteiger partial charge in [0, 0.05) is 0 Å². The van der Waals surface area contributed by atoms with Crippen LogP contribution in [0.15, 0.2) is 0 Å². The van der Waals surface area contributed by atoms with Gasteiger partial charge >= 0.3 is 0 Å². The van der Waals surface area contributed by atoms with E-state index < -0.39 is 0 Å². The Morgan fingerprint density at radius 2 is 1.88 bits per heavy atom. The van der Waals surface area contributed by atoms with Crippen LogP contribution in [0.5, 0.6) is 0 Å². The van der Waals surface area contributed by atoms with Crippen molar-refractivity contribution in [2.24, 2.45) is 0 Å². The van der Waals surface area contributed by atoms with E-state index in [1.165, 1.54) is 38.5 Å². The van der Waals surface area contributed by atoms with E-state index >= 15 is 0 Å². The van der Waals surface area contributed by atoms with Crippen LogP contribution < -0.4 is 0 Å². The second kappa shape index (κ2) is 8.08. The SMILES string of the molecule is CCCCC(OC1CCCCC1)C(O)CC. The van der Waals surface area contributed by atoms with Gasteiger partial charge in [-0.1, -0.05) is 46.0 Å². The molecule has 0 aliphatic heterocycles. The van der Waals surface area contributed by atoms with Crippen LogP contribution in [0, 0.1) is 0 Å². The normalized spacial score (nSPS) is 21.9. The quantitative estimate of drug-likeness (QED) is 0.720. The molecule has 1 aliphatic carbocycles. The van der Waals surface area contributed by atoms with Crippen molar-refractivity contribution in [3.8, 4) is 0 Å². The summed E-state index contributed by atoms with van der Waals surface area (Å²) in [5.41, 5.74) is 0. The summed E-state index contributed by atoms with van der Waals surface area (Å²) in [6.07, 6.45) is 10.7. The van der Waals surface area contributed by atoms with Gasteiger partial charge in [0.2, 0.25) is 0 Å². The third kappa shape index (κ3) is 4.84. The van der Waals surface area contributed by atoms with Crippen molar-refractivity contribution in [2.75, 3.05) is 0 Å². The molecule has 1 saturated carbocycles. The Kier molecular flexibility index (Phi) is 7.06. The molecule has 0 heterocycles. The lowest BCUT2D eigenvalue weighted by atomic mass is 9.96. The molecule has 96 valence electrons. The molecule has 0 saturated heterocycles. The number of aliphatic hydroxyl groups is 1. The first-order valence-corrected chi connectivity index (χ1v) is 7.11. The third-order valence-electron chi connectivity index (χ3n) is 3.61. The standard InChI is InChI=1S/C14H28O2/c1-3-5-11-14(13(15)4-2)16-12-9-7-6-8-10-12/h12-15H,3-11H2,1-2H3. The first kappa shape index (κ1) is 14.0. The minimum atomic E-state index is -0.270. The van der Waals surface area contributed by atoms with Crippen LogP contribution in [0.2, 0.25) is 0 Å². The van der Waals surface area contributed by atoms with Gasteiger partial charge in [0.1, 0.15) is 0 Å². The molecule has 0 aromatic carbocycles. The van der Waals surface area contributed by atoms with Gasteiger partial charge < -0.3 is 9.84 Å². The highest BCUT2D eigenvalue weighted by Gasteiger charge is 2.23. The third-order valence-corrected chi connectivity index (χ3v) is 3.61. The Labute approximate surface area is 100 Å². The molecule has 2 unspecified atom stereocenters. The van der Waals surface area contributed by atoms with Crippen molar-refractivity contribution < 1.29 is 9.84 Å². The number of hydrogen-bond acceptors (Lipinski definition) is 2. The number of rotatable bonds is 7. The fourth-order valence-corrected chi connectivity index (χ4v) is 2.47. The molecule has 2 nitrogen and oxygen atoms in total. The summed E-state index contributed by atoms with van der Waals surface area (Å²) in [4.78, 5) is 0. The maximum Gasteiger partial charge on any atom is 0.0837 e. The van der Waals surface area contributed by atoms with Gasteiger partial charge in [0.15, 0.2) is 0 Å². The predicted octanol–water partition coefficient (Wildman–Crippen LogP) is 3.67. The van der Waals surface area contributed by atoms with E-state index in [2.05, 4.69) is 6.92 Å². The van der Waals surface area contributed by atoms with E-state index in [0.717, 1.165) is 19.3 Å². The van der Waals surface area contributed by atoms with Crippen LogP contribution in [-0.2, 0) is 4.74 Å². The fraction of sp³-hybridized carbons (Fsp3) is 1.00. The Bertz CT molecular complexity index is 164. The number of hydrogen-bond donors (Lipinski definition) is 1. The molecular formula is C14H28O2. The summed E-state index contributed by atoms with van der Waals surface area (Å²) < 4.78 is 6.10. The van der Waals surface area contributed by atoms with Crippen molar-refractivity contribution in [1.29, 1.82) is 0 Å². The molecule has 0 amide bonds. The second-order valence-electron chi connectivity index (χ2n) is 5.05. The van der Waals surface area contributed by atoms with Gasteiger partial charge in [-0.2, -0.15) is 0 Å². The van der Waals surface area contributed by atoms with Crippen LogP contribution in [-0.4, -0.2) is 23.4 Å². The van der Waals surface area contributed by atoms with Gasteiger partial charge in [-0.15, -0.1) is 0 Å². The lowest BCUT2D eigenvalue weighted by Crippen LogP contribution is -2.33. The largest absolute Gasteiger partial charge is 0.390 e. The molecule has 1 aliphatic rings. The zero-order valence-electron chi connectivity index (χ0n) is 11.0. The molecule has 0 bridgehead atoms. The maximum atomic E-state index is 9.95. The minimum Gasteiger partial charge on any atom is -0.390 e. The van der Waals surface area contributed by atoms with Gasteiger partial charge in [0.05, 0.1) is 18.3 Å². The maximum absolute atomic E-state index is 9.95. The number of aliphatic hydroxyl groups excluding tert-OH is 1. The van der Waals surface area contributed by atoms with Gasteiger partial charge in [-0.3, -0.25) is 0 Å². The molecule has 1 fully saturated rings. The molecule has 0 radical (unpaired) electrons. The average molecular weight is 228 g/mol. The number of unbranched alkanes of at least 4 members (excludes halogenated alkanes) is 1.